The van der Waals surface area contributed by atoms with Gasteiger partial charge in [-0.3, -0.25) is 23.4 Å². The maximum absolute atomic E-state index is 14.1. The molecule has 174 valence electrons. The van der Waals surface area contributed by atoms with Crippen LogP contribution in [-0.2, 0) is 20.6 Å². The number of benzene rings is 1. The lowest BCUT2D eigenvalue weighted by atomic mass is 10.2. The monoisotopic (exact) mass is 454 g/mol. The van der Waals surface area contributed by atoms with Crippen molar-refractivity contribution in [1.29, 1.82) is 0 Å². The summed E-state index contributed by atoms with van der Waals surface area (Å²) in [6, 6.07) is 6.87. The van der Waals surface area contributed by atoms with Crippen LogP contribution in [0.25, 0.3) is 11.2 Å². The molecule has 2 aromatic heterocycles. The Morgan fingerprint density at radius 3 is 2.45 bits per heavy atom. The van der Waals surface area contributed by atoms with Gasteiger partial charge >= 0.3 is 5.69 Å². The summed E-state index contributed by atoms with van der Waals surface area (Å²) in [6.45, 7) is 6.85. The first-order valence-electron chi connectivity index (χ1n) is 11.0. The molecule has 0 saturated carbocycles. The molecule has 0 amide bonds. The van der Waals surface area contributed by atoms with E-state index in [-0.39, 0.29) is 11.4 Å². The summed E-state index contributed by atoms with van der Waals surface area (Å²) in [4.78, 5) is 34.2. The van der Waals surface area contributed by atoms with Crippen LogP contribution < -0.4 is 21.2 Å². The topological polar surface area (TPSA) is 83.9 Å². The van der Waals surface area contributed by atoms with Gasteiger partial charge in [0.15, 0.2) is 11.2 Å². The summed E-state index contributed by atoms with van der Waals surface area (Å²) in [6.07, 6.45) is 0. The van der Waals surface area contributed by atoms with Crippen LogP contribution in [0.4, 0.5) is 16.0 Å². The molecule has 3 aromatic rings. The zero-order chi connectivity index (χ0) is 23.3. The molecule has 0 aliphatic carbocycles. The number of nitrogens with zero attached hydrogens (tertiary/aromatic N) is 8. The highest BCUT2D eigenvalue weighted by atomic mass is 19.1. The van der Waals surface area contributed by atoms with Gasteiger partial charge in [0.05, 0.1) is 24.5 Å². The molecule has 0 radical (unpaired) electrons. The Hall–Kier alpha value is -3.47. The number of aromatic nitrogens is 4. The third-order valence-corrected chi connectivity index (χ3v) is 6.43. The van der Waals surface area contributed by atoms with E-state index in [1.807, 2.05) is 28.6 Å². The first-order chi connectivity index (χ1) is 15.8. The van der Waals surface area contributed by atoms with Gasteiger partial charge in [0, 0.05) is 46.8 Å². The molecule has 0 unspecified atom stereocenters. The SMILES string of the molecule is CC1=NN(CCN2CCN(c3ccccc3F)CC2)c2nc3c(c(=O)n(C)c(=O)n3C)n2C1. The van der Waals surface area contributed by atoms with Crippen LogP contribution in [-0.4, -0.2) is 68.6 Å². The van der Waals surface area contributed by atoms with Crippen LogP contribution in [0.3, 0.4) is 0 Å². The summed E-state index contributed by atoms with van der Waals surface area (Å²) in [5.41, 5.74) is 1.53. The number of hydrogen-bond donors (Lipinski definition) is 0. The third-order valence-electron chi connectivity index (χ3n) is 6.43. The van der Waals surface area contributed by atoms with Crippen LogP contribution in [0.15, 0.2) is 39.0 Å². The molecular formula is C22H27FN8O2. The number of hydrazone groups is 1. The number of imidazole rings is 1. The highest BCUT2D eigenvalue weighted by Gasteiger charge is 2.27. The number of rotatable bonds is 4. The van der Waals surface area contributed by atoms with Gasteiger partial charge < -0.3 is 4.90 Å². The fraction of sp³-hybridized carbons (Fsp3) is 0.455. The Morgan fingerprint density at radius 2 is 1.73 bits per heavy atom. The Labute approximate surface area is 189 Å². The van der Waals surface area contributed by atoms with E-state index in [1.165, 1.54) is 17.7 Å². The van der Waals surface area contributed by atoms with E-state index < -0.39 is 5.69 Å². The molecule has 5 rings (SSSR count). The first kappa shape index (κ1) is 21.4. The van der Waals surface area contributed by atoms with Gasteiger partial charge in [-0.15, -0.1) is 0 Å². The number of fused-ring (bicyclic) bond motifs is 3. The smallest absolute Gasteiger partial charge is 0.332 e. The molecule has 1 saturated heterocycles. The van der Waals surface area contributed by atoms with Crippen molar-refractivity contribution in [3.8, 4) is 0 Å². The van der Waals surface area contributed by atoms with Gasteiger partial charge in [0.25, 0.3) is 5.56 Å². The second-order valence-electron chi connectivity index (χ2n) is 8.61. The van der Waals surface area contributed by atoms with Gasteiger partial charge in [0.2, 0.25) is 5.95 Å². The molecule has 1 aromatic carbocycles. The van der Waals surface area contributed by atoms with Crippen LogP contribution >= 0.6 is 0 Å². The molecule has 11 heteroatoms. The van der Waals surface area contributed by atoms with Crippen LogP contribution in [0.2, 0.25) is 0 Å². The van der Waals surface area contributed by atoms with Gasteiger partial charge in [-0.25, -0.2) is 14.2 Å². The molecule has 1 fully saturated rings. The highest BCUT2D eigenvalue weighted by Crippen LogP contribution is 2.24. The average Bonchev–Trinajstić information content (AvgIpc) is 3.20. The summed E-state index contributed by atoms with van der Waals surface area (Å²) in [5.74, 6) is 0.377. The maximum Gasteiger partial charge on any atom is 0.332 e. The van der Waals surface area contributed by atoms with Crippen molar-refractivity contribution < 1.29 is 4.39 Å². The average molecular weight is 455 g/mol. The van der Waals surface area contributed by atoms with Crippen molar-refractivity contribution in [2.45, 2.75) is 13.5 Å². The predicted molar refractivity (Wildman–Crippen MR) is 126 cm³/mol. The van der Waals surface area contributed by atoms with Crippen molar-refractivity contribution in [2.24, 2.45) is 19.2 Å². The third kappa shape index (κ3) is 3.62. The van der Waals surface area contributed by atoms with E-state index in [4.69, 9.17) is 0 Å². The van der Waals surface area contributed by atoms with Crippen molar-refractivity contribution in [3.05, 3.63) is 50.9 Å². The lowest BCUT2D eigenvalue weighted by Crippen LogP contribution is -2.48. The summed E-state index contributed by atoms with van der Waals surface area (Å²) >= 11 is 0. The Bertz CT molecular complexity index is 1360. The minimum Gasteiger partial charge on any atom is -0.367 e. The molecular weight excluding hydrogens is 427 g/mol. The maximum atomic E-state index is 14.1. The van der Waals surface area contributed by atoms with Gasteiger partial charge in [-0.2, -0.15) is 10.1 Å². The molecule has 0 spiro atoms. The largest absolute Gasteiger partial charge is 0.367 e. The Balaban J connectivity index is 1.33. The lowest BCUT2D eigenvalue weighted by molar-refractivity contribution is 0.261. The number of anilines is 2. The molecule has 10 nitrogen and oxygen atoms in total. The number of piperazine rings is 1. The number of halogens is 1. The molecule has 0 atom stereocenters. The molecule has 0 N–H and O–H groups in total. The van der Waals surface area contributed by atoms with Crippen LogP contribution in [0.1, 0.15) is 6.92 Å². The van der Waals surface area contributed by atoms with E-state index in [0.717, 1.165) is 43.0 Å². The molecule has 0 bridgehead atoms. The molecule has 2 aliphatic heterocycles. The fourth-order valence-electron chi connectivity index (χ4n) is 4.60. The fourth-order valence-corrected chi connectivity index (χ4v) is 4.60. The number of aryl methyl sites for hydroxylation is 1. The second-order valence-corrected chi connectivity index (χ2v) is 8.61. The number of hydrogen-bond acceptors (Lipinski definition) is 7. The van der Waals surface area contributed by atoms with Gasteiger partial charge in [-0.1, -0.05) is 12.1 Å². The normalized spacial score (nSPS) is 16.9. The highest BCUT2D eigenvalue weighted by molar-refractivity contribution is 5.87. The van der Waals surface area contributed by atoms with E-state index >= 15 is 0 Å². The quantitative estimate of drug-likeness (QED) is 0.574. The van der Waals surface area contributed by atoms with Crippen molar-refractivity contribution >= 4 is 28.5 Å². The van der Waals surface area contributed by atoms with Crippen molar-refractivity contribution in [1.82, 2.24) is 23.6 Å². The molecule has 4 heterocycles. The molecule has 2 aliphatic rings. The standard InChI is InChI=1S/C22H27FN8O2/c1-15-14-30-18-19(26(2)22(33)27(3)20(18)32)24-21(30)31(25-15)13-10-28-8-11-29(12-9-28)17-7-5-4-6-16(17)23/h4-7H,8-14H2,1-3H3. The summed E-state index contributed by atoms with van der Waals surface area (Å²) in [7, 11) is 3.10. The van der Waals surface area contributed by atoms with E-state index in [0.29, 0.717) is 35.9 Å². The van der Waals surface area contributed by atoms with Crippen molar-refractivity contribution in [3.63, 3.8) is 0 Å². The predicted octanol–water partition coefficient (Wildman–Crippen LogP) is 0.591. The zero-order valence-corrected chi connectivity index (χ0v) is 19.0. The second kappa shape index (κ2) is 8.14. The minimum absolute atomic E-state index is 0.191. The first-order valence-corrected chi connectivity index (χ1v) is 11.0. The Kier molecular flexibility index (Phi) is 5.28. The van der Waals surface area contributed by atoms with Crippen LogP contribution in [0, 0.1) is 5.82 Å². The molecule has 33 heavy (non-hydrogen) atoms. The van der Waals surface area contributed by atoms with Gasteiger partial charge in [0.1, 0.15) is 5.82 Å². The van der Waals surface area contributed by atoms with Crippen molar-refractivity contribution in [2.75, 3.05) is 49.2 Å². The van der Waals surface area contributed by atoms with Gasteiger partial charge in [-0.05, 0) is 19.1 Å². The van der Waals surface area contributed by atoms with E-state index in [1.54, 1.807) is 13.1 Å². The van der Waals surface area contributed by atoms with E-state index in [9.17, 15) is 14.0 Å². The zero-order valence-electron chi connectivity index (χ0n) is 19.0. The summed E-state index contributed by atoms with van der Waals surface area (Å²) < 4.78 is 18.5. The summed E-state index contributed by atoms with van der Waals surface area (Å²) in [5, 5.41) is 6.48. The van der Waals surface area contributed by atoms with E-state index in [2.05, 4.69) is 19.9 Å². The lowest BCUT2D eigenvalue weighted by Gasteiger charge is -2.37. The number of para-hydroxylation sites is 1. The van der Waals surface area contributed by atoms with Crippen LogP contribution in [0.5, 0.6) is 0 Å². The Morgan fingerprint density at radius 1 is 1.00 bits per heavy atom. The minimum atomic E-state index is -0.403.